The van der Waals surface area contributed by atoms with Gasteiger partial charge < -0.3 is 0 Å². The van der Waals surface area contributed by atoms with E-state index in [2.05, 4.69) is 9.71 Å². The summed E-state index contributed by atoms with van der Waals surface area (Å²) in [6.45, 7) is 0.311. The monoisotopic (exact) mass is 294 g/mol. The van der Waals surface area contributed by atoms with E-state index in [1.54, 1.807) is 23.7 Å². The number of sulfonamides is 1. The van der Waals surface area contributed by atoms with E-state index in [4.69, 9.17) is 0 Å². The van der Waals surface area contributed by atoms with Gasteiger partial charge in [-0.2, -0.15) is 0 Å². The third-order valence-electron chi connectivity index (χ3n) is 3.04. The topological polar surface area (TPSA) is 59.1 Å². The van der Waals surface area contributed by atoms with Gasteiger partial charge in [-0.15, -0.1) is 11.3 Å². The lowest BCUT2D eigenvalue weighted by Gasteiger charge is -2.06. The standard InChI is InChI=1S/C13H14N2O2S2/c16-19(17,12-3-4-12)15-8-10-6-11(9-14-7-10)13-2-1-5-18-13/h1-2,5-7,9,12,15H,3-4,8H2. The summed E-state index contributed by atoms with van der Waals surface area (Å²) in [5, 5.41) is 1.83. The van der Waals surface area contributed by atoms with Gasteiger partial charge in [-0.05, 0) is 35.9 Å². The van der Waals surface area contributed by atoms with E-state index in [1.165, 1.54) is 0 Å². The second kappa shape index (κ2) is 5.03. The van der Waals surface area contributed by atoms with Crippen molar-refractivity contribution in [3.63, 3.8) is 0 Å². The predicted molar refractivity (Wildman–Crippen MR) is 76.3 cm³/mol. The van der Waals surface area contributed by atoms with E-state index < -0.39 is 10.0 Å². The number of thiophene rings is 1. The highest BCUT2D eigenvalue weighted by Crippen LogP contribution is 2.28. The van der Waals surface area contributed by atoms with Crippen LogP contribution in [0, 0.1) is 0 Å². The normalized spacial score (nSPS) is 15.6. The van der Waals surface area contributed by atoms with Gasteiger partial charge in [-0.1, -0.05) is 6.07 Å². The quantitative estimate of drug-likeness (QED) is 0.921. The van der Waals surface area contributed by atoms with Crippen LogP contribution in [-0.4, -0.2) is 18.7 Å². The van der Waals surface area contributed by atoms with E-state index in [9.17, 15) is 8.42 Å². The molecule has 0 aromatic carbocycles. The van der Waals surface area contributed by atoms with Crippen LogP contribution in [0.1, 0.15) is 18.4 Å². The van der Waals surface area contributed by atoms with E-state index in [1.807, 2.05) is 23.6 Å². The van der Waals surface area contributed by atoms with Crippen LogP contribution in [0.2, 0.25) is 0 Å². The van der Waals surface area contributed by atoms with Gasteiger partial charge >= 0.3 is 0 Å². The smallest absolute Gasteiger partial charge is 0.214 e. The maximum Gasteiger partial charge on any atom is 0.214 e. The molecule has 1 saturated carbocycles. The first-order chi connectivity index (χ1) is 9.15. The van der Waals surface area contributed by atoms with Crippen LogP contribution in [-0.2, 0) is 16.6 Å². The van der Waals surface area contributed by atoms with E-state index >= 15 is 0 Å². The highest BCUT2D eigenvalue weighted by molar-refractivity contribution is 7.90. The van der Waals surface area contributed by atoms with Gasteiger partial charge in [0.1, 0.15) is 0 Å². The van der Waals surface area contributed by atoms with Crippen LogP contribution in [0.5, 0.6) is 0 Å². The molecule has 100 valence electrons. The Labute approximate surface area is 116 Å². The van der Waals surface area contributed by atoms with Crippen LogP contribution in [0.3, 0.4) is 0 Å². The molecule has 2 aromatic heterocycles. The fourth-order valence-corrected chi connectivity index (χ4v) is 3.91. The van der Waals surface area contributed by atoms with Gasteiger partial charge in [-0.3, -0.25) is 4.98 Å². The van der Waals surface area contributed by atoms with Crippen molar-refractivity contribution in [3.05, 3.63) is 41.5 Å². The average Bonchev–Trinajstić information content (AvgIpc) is 3.14. The van der Waals surface area contributed by atoms with E-state index in [0.717, 1.165) is 28.8 Å². The Morgan fingerprint density at radius 3 is 2.89 bits per heavy atom. The molecule has 4 nitrogen and oxygen atoms in total. The lowest BCUT2D eigenvalue weighted by molar-refractivity contribution is 0.580. The number of nitrogens with zero attached hydrogens (tertiary/aromatic N) is 1. The number of rotatable bonds is 5. The van der Waals surface area contributed by atoms with Crippen LogP contribution >= 0.6 is 11.3 Å². The molecule has 2 heterocycles. The molecule has 2 aromatic rings. The molecule has 1 N–H and O–H groups in total. The molecule has 0 amide bonds. The molecule has 1 aliphatic carbocycles. The first kappa shape index (κ1) is 12.8. The van der Waals surface area contributed by atoms with Gasteiger partial charge in [0.2, 0.25) is 10.0 Å². The van der Waals surface area contributed by atoms with Crippen LogP contribution < -0.4 is 4.72 Å². The molecule has 1 aliphatic rings. The summed E-state index contributed by atoms with van der Waals surface area (Å²) in [6, 6.07) is 6.00. The second-order valence-corrected chi connectivity index (χ2v) is 7.62. The Balaban J connectivity index is 1.73. The Bertz CT molecular complexity index is 662. The molecule has 0 unspecified atom stereocenters. The molecular weight excluding hydrogens is 280 g/mol. The number of hydrogen-bond acceptors (Lipinski definition) is 4. The Hall–Kier alpha value is -1.24. The third-order valence-corrected chi connectivity index (χ3v) is 5.86. The summed E-state index contributed by atoms with van der Waals surface area (Å²) in [7, 11) is -3.13. The van der Waals surface area contributed by atoms with Gasteiger partial charge in [0, 0.05) is 29.4 Å². The highest BCUT2D eigenvalue weighted by Gasteiger charge is 2.35. The van der Waals surface area contributed by atoms with Crippen molar-refractivity contribution >= 4 is 21.4 Å². The summed E-state index contributed by atoms with van der Waals surface area (Å²) in [4.78, 5) is 5.31. The van der Waals surface area contributed by atoms with E-state index in [0.29, 0.717) is 6.54 Å². The summed E-state index contributed by atoms with van der Waals surface area (Å²) >= 11 is 1.64. The zero-order valence-corrected chi connectivity index (χ0v) is 11.9. The zero-order chi connectivity index (χ0) is 13.3. The first-order valence-electron chi connectivity index (χ1n) is 6.11. The molecule has 3 rings (SSSR count). The lowest BCUT2D eigenvalue weighted by Crippen LogP contribution is -2.26. The van der Waals surface area contributed by atoms with Gasteiger partial charge in [0.05, 0.1) is 5.25 Å². The Morgan fingerprint density at radius 2 is 2.21 bits per heavy atom. The fourth-order valence-electron chi connectivity index (χ4n) is 1.84. The first-order valence-corrected chi connectivity index (χ1v) is 8.54. The third kappa shape index (κ3) is 3.02. The number of pyridine rings is 1. The van der Waals surface area contributed by atoms with E-state index in [-0.39, 0.29) is 5.25 Å². The molecule has 0 bridgehead atoms. The maximum absolute atomic E-state index is 11.8. The highest BCUT2D eigenvalue weighted by atomic mass is 32.2. The molecule has 0 atom stereocenters. The van der Waals surface area contributed by atoms with Gasteiger partial charge in [0.15, 0.2) is 0 Å². The number of nitrogens with one attached hydrogen (secondary N) is 1. The molecule has 0 saturated heterocycles. The fraction of sp³-hybridized carbons (Fsp3) is 0.308. The minimum absolute atomic E-state index is 0.180. The van der Waals surface area contributed by atoms with Crippen LogP contribution in [0.25, 0.3) is 10.4 Å². The minimum Gasteiger partial charge on any atom is -0.264 e. The van der Waals surface area contributed by atoms with Crippen LogP contribution in [0.4, 0.5) is 0 Å². The van der Waals surface area contributed by atoms with Crippen molar-refractivity contribution in [2.45, 2.75) is 24.6 Å². The summed E-state index contributed by atoms with van der Waals surface area (Å²) < 4.78 is 26.1. The molecule has 6 heteroatoms. The van der Waals surface area contributed by atoms with Crippen LogP contribution in [0.15, 0.2) is 36.0 Å². The summed E-state index contributed by atoms with van der Waals surface area (Å²) in [6.07, 6.45) is 5.06. The van der Waals surface area contributed by atoms with Crippen molar-refractivity contribution in [3.8, 4) is 10.4 Å². The largest absolute Gasteiger partial charge is 0.264 e. The zero-order valence-electron chi connectivity index (χ0n) is 10.2. The molecular formula is C13H14N2O2S2. The van der Waals surface area contributed by atoms with Crippen molar-refractivity contribution in [1.29, 1.82) is 0 Å². The van der Waals surface area contributed by atoms with Crippen molar-refractivity contribution in [2.24, 2.45) is 0 Å². The van der Waals surface area contributed by atoms with Crippen molar-refractivity contribution in [1.82, 2.24) is 9.71 Å². The SMILES string of the molecule is O=S(=O)(NCc1cncc(-c2cccs2)c1)C1CC1. The molecule has 19 heavy (non-hydrogen) atoms. The molecule has 0 spiro atoms. The average molecular weight is 294 g/mol. The van der Waals surface area contributed by atoms with Crippen molar-refractivity contribution < 1.29 is 8.42 Å². The Morgan fingerprint density at radius 1 is 1.37 bits per heavy atom. The predicted octanol–water partition coefficient (Wildman–Crippen LogP) is 2.39. The molecule has 0 radical (unpaired) electrons. The summed E-state index contributed by atoms with van der Waals surface area (Å²) in [5.74, 6) is 0. The molecule has 1 fully saturated rings. The van der Waals surface area contributed by atoms with Crippen molar-refractivity contribution in [2.75, 3.05) is 0 Å². The Kier molecular flexibility index (Phi) is 3.38. The second-order valence-electron chi connectivity index (χ2n) is 4.62. The minimum atomic E-state index is -3.13. The number of aromatic nitrogens is 1. The number of hydrogen-bond donors (Lipinski definition) is 1. The summed E-state index contributed by atoms with van der Waals surface area (Å²) in [5.41, 5.74) is 1.91. The van der Waals surface area contributed by atoms with Gasteiger partial charge in [-0.25, -0.2) is 13.1 Å². The maximum atomic E-state index is 11.8. The van der Waals surface area contributed by atoms with Gasteiger partial charge in [0.25, 0.3) is 0 Å². The molecule has 0 aliphatic heterocycles. The lowest BCUT2D eigenvalue weighted by atomic mass is 10.2.